The Bertz CT molecular complexity index is 5130. The van der Waals surface area contributed by atoms with Gasteiger partial charge in [-0.1, -0.05) is 125 Å². The summed E-state index contributed by atoms with van der Waals surface area (Å²) in [6.07, 6.45) is 21.7. The summed E-state index contributed by atoms with van der Waals surface area (Å²) in [6.45, 7) is 8.56. The summed E-state index contributed by atoms with van der Waals surface area (Å²) in [4.78, 5) is 99.3. The van der Waals surface area contributed by atoms with E-state index in [4.69, 9.17) is 14.2 Å². The SMILES string of the molecule is CCC1CCC(C2CC=C(c3cnc(-c4ccc(CN(CC(=O)O)C(=O)c5ccc(NC(=O)Cc6ccc(OC)cc6C(F)(F)F)cc5C#N)cc4)nc3)CC2)CC1.CCC1CCC(C2CC=C(c3cnc(-c4ccc(CN(CC(=O)OC(C)(C)C)C(=O)c5ccc(NC(=O)Cc6ccc(OC)cc6C(F)(F)F)cc5C#N)cc4)nc3)CC2)CC1. The number of anilines is 2. The maximum Gasteiger partial charge on any atom is 0.416 e. The molecule has 4 amide bonds. The molecule has 120 heavy (non-hydrogen) atoms. The molecule has 2 saturated carbocycles. The van der Waals surface area contributed by atoms with E-state index in [1.165, 1.54) is 162 Å². The van der Waals surface area contributed by atoms with Gasteiger partial charge in [-0.3, -0.25) is 28.8 Å². The van der Waals surface area contributed by atoms with E-state index < -0.39 is 90.6 Å². The zero-order chi connectivity index (χ0) is 86.0. The van der Waals surface area contributed by atoms with Crippen LogP contribution in [-0.2, 0) is 62.2 Å². The smallest absolute Gasteiger partial charge is 0.416 e. The molecule has 0 saturated heterocycles. The van der Waals surface area contributed by atoms with Crippen LogP contribution in [0.3, 0.4) is 0 Å². The Hall–Kier alpha value is -12.1. The number of nitriles is 2. The standard InChI is InChI=1S/C49H54F3N5O5.C45H46F3N5O5/c1-6-31-7-11-33(12-8-31)34-15-17-35(18-16-34)39-27-54-46(55-28-39)36-13-9-32(10-14-36)29-57(30-45(59)62-48(2,3)4)47(60)42-22-20-40(23-38(42)26-53)56-44(58)24-37-19-21-41(61-5)25-43(37)49(50,51)52;1-3-28-4-8-30(9-5-28)31-12-14-32(15-13-31)36-24-50-43(51-25-36)33-10-6-29(7-11-33)26-53(27-42(55)56)44(57)39-19-17-37(20-35(39)23-49)52-41(54)21-34-16-18-38(58-2)22-40(34)45(46,47)48/h9-10,13-14,17,19-23,25,27-28,31,33-34H,6-8,11-12,15-16,18,24,29-30H2,1-5H3,(H,56,58);6-7,10-11,14,16-20,22,24-25,28,30-31H,3-5,8-9,12-13,15,21,26-27H2,1-2H3,(H,52,54)(H,55,56). The molecule has 0 spiro atoms. The first kappa shape index (κ1) is 88.7. The fraction of sp³-hybridized carbons (Fsp3) is 0.404. The second-order valence-corrected chi connectivity index (χ2v) is 32.4. The number of allylic oxidation sites excluding steroid dienone is 4. The Labute approximate surface area is 695 Å². The van der Waals surface area contributed by atoms with Crippen LogP contribution < -0.4 is 20.1 Å². The third-order valence-electron chi connectivity index (χ3n) is 23.3. The number of nitrogens with zero attached hydrogens (tertiary/aromatic N) is 8. The predicted molar refractivity (Wildman–Crippen MR) is 443 cm³/mol. The quantitative estimate of drug-likeness (QED) is 0.0335. The van der Waals surface area contributed by atoms with Crippen LogP contribution in [-0.4, -0.2) is 103 Å². The lowest BCUT2D eigenvalue weighted by molar-refractivity contribution is -0.155. The van der Waals surface area contributed by atoms with E-state index in [1.807, 2.05) is 61.2 Å². The monoisotopic (exact) mass is 1640 g/mol. The summed E-state index contributed by atoms with van der Waals surface area (Å²) < 4.78 is 97.5. The fourth-order valence-corrected chi connectivity index (χ4v) is 16.7. The number of alkyl halides is 6. The first-order valence-corrected chi connectivity index (χ1v) is 40.8. The molecule has 3 N–H and O–H groups in total. The molecule has 8 aromatic rings. The van der Waals surface area contributed by atoms with Crippen LogP contribution in [0.1, 0.15) is 214 Å². The molecule has 2 fully saturated rings. The molecule has 6 aromatic carbocycles. The van der Waals surface area contributed by atoms with Crippen LogP contribution in [0.15, 0.2) is 158 Å². The highest BCUT2D eigenvalue weighted by Gasteiger charge is 2.37. The van der Waals surface area contributed by atoms with E-state index in [0.29, 0.717) is 22.8 Å². The lowest BCUT2D eigenvalue weighted by Crippen LogP contribution is -2.38. The van der Waals surface area contributed by atoms with E-state index in [0.717, 1.165) is 107 Å². The number of benzene rings is 6. The Morgan fingerprint density at radius 1 is 0.492 bits per heavy atom. The van der Waals surface area contributed by atoms with Gasteiger partial charge < -0.3 is 39.8 Å². The number of carboxylic acids is 1. The molecule has 26 heteroatoms. The summed E-state index contributed by atoms with van der Waals surface area (Å²) >= 11 is 0. The number of hydrogen-bond acceptors (Lipinski definition) is 15. The average Bonchev–Trinajstić information content (AvgIpc) is 0.813. The number of halogens is 6. The molecule has 0 radical (unpaired) electrons. The van der Waals surface area contributed by atoms with E-state index in [1.54, 1.807) is 45.0 Å². The van der Waals surface area contributed by atoms with Crippen molar-refractivity contribution in [3.05, 3.63) is 225 Å². The number of aliphatic carboxylic acids is 1. The van der Waals surface area contributed by atoms with Gasteiger partial charge in [0.1, 0.15) is 42.3 Å². The lowest BCUT2D eigenvalue weighted by Gasteiger charge is -2.35. The van der Waals surface area contributed by atoms with E-state index in [2.05, 4.69) is 56.6 Å². The van der Waals surface area contributed by atoms with Gasteiger partial charge in [0, 0.05) is 71.5 Å². The van der Waals surface area contributed by atoms with Crippen molar-refractivity contribution in [1.82, 2.24) is 29.7 Å². The maximum absolute atomic E-state index is 14.1. The van der Waals surface area contributed by atoms with Gasteiger partial charge in [-0.15, -0.1) is 0 Å². The van der Waals surface area contributed by atoms with E-state index >= 15 is 0 Å². The van der Waals surface area contributed by atoms with Crippen molar-refractivity contribution in [3.63, 3.8) is 0 Å². The number of aromatic nitrogens is 4. The van der Waals surface area contributed by atoms with Gasteiger partial charge in [-0.2, -0.15) is 36.9 Å². The third-order valence-corrected chi connectivity index (χ3v) is 23.3. The molecule has 628 valence electrons. The highest BCUT2D eigenvalue weighted by Crippen LogP contribution is 2.45. The van der Waals surface area contributed by atoms with E-state index in [9.17, 15) is 70.7 Å². The molecule has 20 nitrogen and oxygen atoms in total. The zero-order valence-corrected chi connectivity index (χ0v) is 68.5. The zero-order valence-electron chi connectivity index (χ0n) is 68.5. The Balaban J connectivity index is 0.000000235. The summed E-state index contributed by atoms with van der Waals surface area (Å²) in [5, 5.41) is 34.6. The second kappa shape index (κ2) is 40.1. The van der Waals surface area contributed by atoms with Crippen LogP contribution in [0.2, 0.25) is 0 Å². The predicted octanol–water partition coefficient (Wildman–Crippen LogP) is 20.0. The van der Waals surface area contributed by atoms with E-state index in [-0.39, 0.29) is 69.3 Å². The first-order valence-electron chi connectivity index (χ1n) is 40.8. The van der Waals surface area contributed by atoms with Crippen molar-refractivity contribution in [3.8, 4) is 46.4 Å². The summed E-state index contributed by atoms with van der Waals surface area (Å²) in [6, 6.07) is 32.7. The van der Waals surface area contributed by atoms with Gasteiger partial charge >= 0.3 is 24.3 Å². The van der Waals surface area contributed by atoms with Crippen LogP contribution in [0.4, 0.5) is 37.7 Å². The molecule has 2 atom stereocenters. The third kappa shape index (κ3) is 23.9. The average molecular weight is 1640 g/mol. The summed E-state index contributed by atoms with van der Waals surface area (Å²) in [5.74, 6) is 1.22. The molecular formula is C94H100F6N10O10. The highest BCUT2D eigenvalue weighted by molar-refractivity contribution is 6.01. The van der Waals surface area contributed by atoms with Crippen molar-refractivity contribution in [2.45, 2.75) is 181 Å². The van der Waals surface area contributed by atoms with Gasteiger partial charge in [0.2, 0.25) is 11.8 Å². The van der Waals surface area contributed by atoms with Gasteiger partial charge in [0.25, 0.3) is 11.8 Å². The minimum atomic E-state index is -4.73. The van der Waals surface area contributed by atoms with Crippen LogP contribution in [0.25, 0.3) is 33.9 Å². The number of ether oxygens (including phenoxy) is 3. The molecule has 2 heterocycles. The maximum atomic E-state index is 14.1. The molecule has 0 aliphatic heterocycles. The number of carbonyl (C=O) groups excluding carboxylic acids is 5. The number of carboxylic acid groups (broad SMARTS) is 1. The van der Waals surface area contributed by atoms with Gasteiger partial charge in [0.05, 0.1) is 60.4 Å². The molecule has 0 bridgehead atoms. The fourth-order valence-electron chi connectivity index (χ4n) is 16.7. The minimum Gasteiger partial charge on any atom is -0.497 e. The number of rotatable bonds is 26. The van der Waals surface area contributed by atoms with Gasteiger partial charge in [-0.25, -0.2) is 19.9 Å². The van der Waals surface area contributed by atoms with Crippen LogP contribution in [0, 0.1) is 58.2 Å². The van der Waals surface area contributed by atoms with Crippen molar-refractivity contribution >= 4 is 58.1 Å². The minimum absolute atomic E-state index is 0.00642. The molecule has 4 aliphatic rings. The van der Waals surface area contributed by atoms with Crippen LogP contribution in [0.5, 0.6) is 11.5 Å². The second-order valence-electron chi connectivity index (χ2n) is 32.4. The summed E-state index contributed by atoms with van der Waals surface area (Å²) in [7, 11) is 2.48. The number of amides is 4. The highest BCUT2D eigenvalue weighted by atomic mass is 19.4. The Morgan fingerprint density at radius 2 is 0.875 bits per heavy atom. The van der Waals surface area contributed by atoms with Crippen molar-refractivity contribution < 1.29 is 74.4 Å². The van der Waals surface area contributed by atoms with Crippen LogP contribution >= 0.6 is 0 Å². The molecule has 2 aromatic heterocycles. The summed E-state index contributed by atoms with van der Waals surface area (Å²) in [5.41, 5.74) is 3.83. The number of methoxy groups -OCH3 is 2. The molecular weight excluding hydrogens is 1540 g/mol. The van der Waals surface area contributed by atoms with Crippen molar-refractivity contribution in [2.75, 3.05) is 37.9 Å². The number of carbonyl (C=O) groups is 6. The number of nitrogens with one attached hydrogen (secondary N) is 2. The first-order chi connectivity index (χ1) is 57.4. The van der Waals surface area contributed by atoms with Crippen molar-refractivity contribution in [2.24, 2.45) is 35.5 Å². The molecule has 12 rings (SSSR count). The lowest BCUT2D eigenvalue weighted by atomic mass is 9.71. The molecule has 4 aliphatic carbocycles. The topological polar surface area (TPSA) is 280 Å². The number of hydrogen-bond donors (Lipinski definition) is 3. The van der Waals surface area contributed by atoms with Gasteiger partial charge in [0.15, 0.2) is 11.6 Å². The largest absolute Gasteiger partial charge is 0.497 e. The molecule has 2 unspecified atom stereocenters. The Morgan fingerprint density at radius 3 is 1.20 bits per heavy atom. The normalized spacial score (nSPS) is 18.0. The van der Waals surface area contributed by atoms with Crippen molar-refractivity contribution in [1.29, 1.82) is 10.5 Å². The van der Waals surface area contributed by atoms with Gasteiger partial charge in [-0.05, 0) is 215 Å². The number of esters is 1. The Kier molecular flexibility index (Phi) is 29.7.